The minimum atomic E-state index is 0.789. The summed E-state index contributed by atoms with van der Waals surface area (Å²) in [5, 5.41) is 3.44. The van der Waals surface area contributed by atoms with Gasteiger partial charge in [0.25, 0.3) is 0 Å². The SMILES string of the molecule is c1ccc(CCOCCC2CCCNC2)nc1. The summed E-state index contributed by atoms with van der Waals surface area (Å²) < 4.78 is 5.67. The van der Waals surface area contributed by atoms with Crippen molar-refractivity contribution >= 4 is 0 Å². The van der Waals surface area contributed by atoms with Crippen LogP contribution in [0.3, 0.4) is 0 Å². The highest BCUT2D eigenvalue weighted by atomic mass is 16.5. The van der Waals surface area contributed by atoms with Crippen LogP contribution >= 0.6 is 0 Å². The van der Waals surface area contributed by atoms with E-state index in [1.807, 2.05) is 18.3 Å². The monoisotopic (exact) mass is 234 g/mol. The average Bonchev–Trinajstić information content (AvgIpc) is 2.41. The molecule has 1 aliphatic heterocycles. The zero-order valence-corrected chi connectivity index (χ0v) is 10.4. The molecule has 1 aromatic heterocycles. The van der Waals surface area contributed by atoms with Crippen LogP contribution in [0.15, 0.2) is 24.4 Å². The Morgan fingerprint density at radius 1 is 1.35 bits per heavy atom. The molecule has 1 saturated heterocycles. The highest BCUT2D eigenvalue weighted by Gasteiger charge is 2.11. The molecule has 0 aromatic carbocycles. The van der Waals surface area contributed by atoms with Gasteiger partial charge in [-0.1, -0.05) is 6.07 Å². The lowest BCUT2D eigenvalue weighted by Crippen LogP contribution is -2.30. The number of ether oxygens (including phenoxy) is 1. The summed E-state index contributed by atoms with van der Waals surface area (Å²) in [6.07, 6.45) is 6.62. The van der Waals surface area contributed by atoms with Gasteiger partial charge in [-0.25, -0.2) is 0 Å². The van der Waals surface area contributed by atoms with Crippen LogP contribution in [-0.4, -0.2) is 31.3 Å². The van der Waals surface area contributed by atoms with E-state index in [9.17, 15) is 0 Å². The lowest BCUT2D eigenvalue weighted by atomic mass is 9.97. The van der Waals surface area contributed by atoms with E-state index in [-0.39, 0.29) is 0 Å². The topological polar surface area (TPSA) is 34.1 Å². The minimum absolute atomic E-state index is 0.789. The Morgan fingerprint density at radius 3 is 3.12 bits per heavy atom. The maximum absolute atomic E-state index is 5.67. The van der Waals surface area contributed by atoms with Crippen LogP contribution in [0.1, 0.15) is 25.0 Å². The molecule has 0 radical (unpaired) electrons. The predicted octanol–water partition coefficient (Wildman–Crippen LogP) is 2.03. The van der Waals surface area contributed by atoms with Crippen molar-refractivity contribution in [1.82, 2.24) is 10.3 Å². The fraction of sp³-hybridized carbons (Fsp3) is 0.643. The molecule has 0 aliphatic carbocycles. The standard InChI is InChI=1S/C14H22N2O/c1-2-9-16-14(5-1)7-11-17-10-6-13-4-3-8-15-12-13/h1-2,5,9,13,15H,3-4,6-8,10-12H2. The van der Waals surface area contributed by atoms with E-state index in [0.717, 1.165) is 31.2 Å². The molecule has 0 saturated carbocycles. The molecule has 2 heterocycles. The minimum Gasteiger partial charge on any atom is -0.381 e. The van der Waals surface area contributed by atoms with Crippen molar-refractivity contribution in [3.05, 3.63) is 30.1 Å². The summed E-state index contributed by atoms with van der Waals surface area (Å²) in [6, 6.07) is 6.02. The third-order valence-electron chi connectivity index (χ3n) is 3.30. The Kier molecular flexibility index (Phi) is 5.46. The van der Waals surface area contributed by atoms with Crippen LogP contribution in [0.25, 0.3) is 0 Å². The van der Waals surface area contributed by atoms with Crippen molar-refractivity contribution in [2.24, 2.45) is 5.92 Å². The smallest absolute Gasteiger partial charge is 0.0521 e. The molecule has 0 amide bonds. The van der Waals surface area contributed by atoms with Crippen LogP contribution < -0.4 is 5.32 Å². The van der Waals surface area contributed by atoms with Crippen LogP contribution in [0, 0.1) is 5.92 Å². The third-order valence-corrected chi connectivity index (χ3v) is 3.30. The zero-order valence-electron chi connectivity index (χ0n) is 10.4. The van der Waals surface area contributed by atoms with Crippen LogP contribution in [0.4, 0.5) is 0 Å². The molecule has 1 unspecified atom stereocenters. The van der Waals surface area contributed by atoms with Gasteiger partial charge in [0.05, 0.1) is 6.61 Å². The van der Waals surface area contributed by atoms with Gasteiger partial charge in [0.15, 0.2) is 0 Å². The van der Waals surface area contributed by atoms with Gasteiger partial charge in [0.1, 0.15) is 0 Å². The normalized spacial score (nSPS) is 20.4. The molecule has 0 spiro atoms. The number of hydrogen-bond donors (Lipinski definition) is 1. The second-order valence-corrected chi connectivity index (χ2v) is 4.68. The number of nitrogens with zero attached hydrogens (tertiary/aromatic N) is 1. The largest absolute Gasteiger partial charge is 0.381 e. The summed E-state index contributed by atoms with van der Waals surface area (Å²) in [5.41, 5.74) is 1.12. The van der Waals surface area contributed by atoms with Crippen molar-refractivity contribution in [3.8, 4) is 0 Å². The van der Waals surface area contributed by atoms with Gasteiger partial charge in [-0.15, -0.1) is 0 Å². The van der Waals surface area contributed by atoms with Gasteiger partial charge in [-0.3, -0.25) is 4.98 Å². The van der Waals surface area contributed by atoms with Gasteiger partial charge in [-0.05, 0) is 50.4 Å². The number of aromatic nitrogens is 1. The Bertz CT molecular complexity index is 296. The summed E-state index contributed by atoms with van der Waals surface area (Å²) in [7, 11) is 0. The van der Waals surface area contributed by atoms with Crippen molar-refractivity contribution in [2.75, 3.05) is 26.3 Å². The number of rotatable bonds is 6. The molecule has 1 aromatic rings. The summed E-state index contributed by atoms with van der Waals surface area (Å²) in [5.74, 6) is 0.818. The van der Waals surface area contributed by atoms with Crippen LogP contribution in [-0.2, 0) is 11.2 Å². The van der Waals surface area contributed by atoms with Gasteiger partial charge >= 0.3 is 0 Å². The van der Waals surface area contributed by atoms with Gasteiger partial charge in [0.2, 0.25) is 0 Å². The Balaban J connectivity index is 1.51. The maximum atomic E-state index is 5.67. The zero-order chi connectivity index (χ0) is 11.8. The second kappa shape index (κ2) is 7.41. The first-order valence-corrected chi connectivity index (χ1v) is 6.63. The fourth-order valence-electron chi connectivity index (χ4n) is 2.25. The van der Waals surface area contributed by atoms with Crippen molar-refractivity contribution in [3.63, 3.8) is 0 Å². The molecule has 3 nitrogen and oxygen atoms in total. The molecular formula is C14H22N2O. The number of pyridine rings is 1. The first kappa shape index (κ1) is 12.5. The molecule has 3 heteroatoms. The summed E-state index contributed by atoms with van der Waals surface area (Å²) >= 11 is 0. The summed E-state index contributed by atoms with van der Waals surface area (Å²) in [4.78, 5) is 4.28. The molecular weight excluding hydrogens is 212 g/mol. The molecule has 0 bridgehead atoms. The van der Waals surface area contributed by atoms with E-state index in [1.54, 1.807) is 0 Å². The third kappa shape index (κ3) is 4.84. The quantitative estimate of drug-likeness (QED) is 0.765. The Morgan fingerprint density at radius 2 is 2.35 bits per heavy atom. The van der Waals surface area contributed by atoms with Crippen LogP contribution in [0.2, 0.25) is 0 Å². The highest BCUT2D eigenvalue weighted by molar-refractivity contribution is 5.03. The second-order valence-electron chi connectivity index (χ2n) is 4.68. The molecule has 1 atom stereocenters. The van der Waals surface area contributed by atoms with E-state index in [2.05, 4.69) is 16.4 Å². The van der Waals surface area contributed by atoms with Crippen LogP contribution in [0.5, 0.6) is 0 Å². The number of hydrogen-bond acceptors (Lipinski definition) is 3. The van der Waals surface area contributed by atoms with Gasteiger partial charge in [0, 0.05) is 24.9 Å². The summed E-state index contributed by atoms with van der Waals surface area (Å²) in [6.45, 7) is 4.04. The molecule has 2 rings (SSSR count). The van der Waals surface area contributed by atoms with E-state index < -0.39 is 0 Å². The fourth-order valence-corrected chi connectivity index (χ4v) is 2.25. The van der Waals surface area contributed by atoms with E-state index in [4.69, 9.17) is 4.74 Å². The lowest BCUT2D eigenvalue weighted by Gasteiger charge is -2.22. The van der Waals surface area contributed by atoms with Crippen molar-refractivity contribution in [2.45, 2.75) is 25.7 Å². The number of nitrogens with one attached hydrogen (secondary N) is 1. The van der Waals surface area contributed by atoms with Gasteiger partial charge < -0.3 is 10.1 Å². The molecule has 1 aliphatic rings. The average molecular weight is 234 g/mol. The molecule has 1 N–H and O–H groups in total. The molecule has 1 fully saturated rings. The first-order chi connectivity index (χ1) is 8.45. The van der Waals surface area contributed by atoms with Crippen molar-refractivity contribution in [1.29, 1.82) is 0 Å². The predicted molar refractivity (Wildman–Crippen MR) is 69.0 cm³/mol. The number of piperidine rings is 1. The van der Waals surface area contributed by atoms with E-state index in [1.165, 1.54) is 32.4 Å². The maximum Gasteiger partial charge on any atom is 0.0521 e. The van der Waals surface area contributed by atoms with E-state index in [0.29, 0.717) is 0 Å². The lowest BCUT2D eigenvalue weighted by molar-refractivity contribution is 0.118. The molecule has 94 valence electrons. The molecule has 17 heavy (non-hydrogen) atoms. The first-order valence-electron chi connectivity index (χ1n) is 6.63. The van der Waals surface area contributed by atoms with Gasteiger partial charge in [-0.2, -0.15) is 0 Å². The highest BCUT2D eigenvalue weighted by Crippen LogP contribution is 2.13. The van der Waals surface area contributed by atoms with E-state index >= 15 is 0 Å². The Labute approximate surface area is 104 Å². The Hall–Kier alpha value is -0.930. The van der Waals surface area contributed by atoms with Crippen molar-refractivity contribution < 1.29 is 4.74 Å².